The molecule has 0 aliphatic carbocycles. The van der Waals surface area contributed by atoms with Crippen LogP contribution >= 0.6 is 0 Å². The summed E-state index contributed by atoms with van der Waals surface area (Å²) in [6.45, 7) is 4.63. The maximum atomic E-state index is 14.0. The number of hydrogen-bond donors (Lipinski definition) is 2. The molecule has 10 heteroatoms. The fraction of sp³-hybridized carbons (Fsp3) is 0.318. The Morgan fingerprint density at radius 1 is 1.16 bits per heavy atom. The maximum absolute atomic E-state index is 14.0. The first-order valence-electron chi connectivity index (χ1n) is 10.3. The van der Waals surface area contributed by atoms with Crippen molar-refractivity contribution in [3.05, 3.63) is 65.1 Å². The zero-order valence-corrected chi connectivity index (χ0v) is 17.8. The van der Waals surface area contributed by atoms with Gasteiger partial charge in [-0.05, 0) is 23.3 Å². The van der Waals surface area contributed by atoms with Crippen LogP contribution in [0.2, 0.25) is 0 Å². The van der Waals surface area contributed by atoms with Crippen molar-refractivity contribution in [3.8, 4) is 5.75 Å². The molecule has 3 aromatic rings. The van der Waals surface area contributed by atoms with Crippen molar-refractivity contribution in [2.45, 2.75) is 13.1 Å². The average Bonchev–Trinajstić information content (AvgIpc) is 3.17. The van der Waals surface area contributed by atoms with Gasteiger partial charge in [0.05, 0.1) is 32.6 Å². The minimum Gasteiger partial charge on any atom is -0.497 e. The van der Waals surface area contributed by atoms with E-state index in [-0.39, 0.29) is 17.2 Å². The van der Waals surface area contributed by atoms with E-state index in [0.717, 1.165) is 38.4 Å². The number of morpholine rings is 1. The molecule has 1 aliphatic rings. The highest BCUT2D eigenvalue weighted by Crippen LogP contribution is 2.22. The number of hydrogen-bond acceptors (Lipinski definition) is 7. The van der Waals surface area contributed by atoms with Gasteiger partial charge in [-0.25, -0.2) is 9.07 Å². The van der Waals surface area contributed by atoms with E-state index in [0.29, 0.717) is 12.3 Å². The lowest BCUT2D eigenvalue weighted by Crippen LogP contribution is -2.35. The predicted octanol–water partition coefficient (Wildman–Crippen LogP) is 2.14. The third-order valence-electron chi connectivity index (χ3n) is 5.28. The van der Waals surface area contributed by atoms with Gasteiger partial charge in [0, 0.05) is 25.7 Å². The SMILES string of the molecule is COc1ccc(F)c(NC(=O)c2nnn(Cc3ccc(CN4CCOCC4)cc3)c2N)c1. The summed E-state index contributed by atoms with van der Waals surface area (Å²) in [5, 5.41) is 10.3. The van der Waals surface area contributed by atoms with E-state index in [1.165, 1.54) is 35.6 Å². The fourth-order valence-corrected chi connectivity index (χ4v) is 3.45. The number of nitrogens with one attached hydrogen (secondary N) is 1. The second-order valence-electron chi connectivity index (χ2n) is 7.49. The molecule has 1 fully saturated rings. The molecule has 3 N–H and O–H groups in total. The monoisotopic (exact) mass is 440 g/mol. The van der Waals surface area contributed by atoms with E-state index >= 15 is 0 Å². The minimum absolute atomic E-state index is 0.0286. The van der Waals surface area contributed by atoms with E-state index < -0.39 is 11.7 Å². The molecule has 32 heavy (non-hydrogen) atoms. The van der Waals surface area contributed by atoms with E-state index in [1.807, 2.05) is 12.1 Å². The topological polar surface area (TPSA) is 108 Å². The Morgan fingerprint density at radius 2 is 1.84 bits per heavy atom. The van der Waals surface area contributed by atoms with E-state index in [2.05, 4.69) is 32.7 Å². The number of rotatable bonds is 7. The molecule has 1 aliphatic heterocycles. The van der Waals surface area contributed by atoms with Gasteiger partial charge in [-0.15, -0.1) is 5.10 Å². The van der Waals surface area contributed by atoms with Crippen LogP contribution < -0.4 is 15.8 Å². The van der Waals surface area contributed by atoms with Gasteiger partial charge in [0.25, 0.3) is 5.91 Å². The van der Waals surface area contributed by atoms with Crippen LogP contribution in [-0.2, 0) is 17.8 Å². The first-order valence-corrected chi connectivity index (χ1v) is 10.3. The molecule has 1 aromatic heterocycles. The molecule has 168 valence electrons. The third kappa shape index (κ3) is 5.04. The van der Waals surface area contributed by atoms with Crippen molar-refractivity contribution >= 4 is 17.4 Å². The Balaban J connectivity index is 1.41. The molecule has 0 radical (unpaired) electrons. The first kappa shape index (κ1) is 21.7. The van der Waals surface area contributed by atoms with E-state index in [1.54, 1.807) is 0 Å². The van der Waals surface area contributed by atoms with Gasteiger partial charge in [0.2, 0.25) is 0 Å². The number of benzene rings is 2. The summed E-state index contributed by atoms with van der Waals surface area (Å²) in [7, 11) is 1.46. The average molecular weight is 440 g/mol. The molecule has 0 atom stereocenters. The lowest BCUT2D eigenvalue weighted by Gasteiger charge is -2.26. The molecule has 9 nitrogen and oxygen atoms in total. The molecule has 0 saturated carbocycles. The van der Waals surface area contributed by atoms with Crippen LogP contribution in [0.15, 0.2) is 42.5 Å². The van der Waals surface area contributed by atoms with Crippen molar-refractivity contribution in [2.24, 2.45) is 0 Å². The first-order chi connectivity index (χ1) is 15.5. The van der Waals surface area contributed by atoms with Crippen molar-refractivity contribution in [2.75, 3.05) is 44.5 Å². The molecular formula is C22H25FN6O3. The smallest absolute Gasteiger partial charge is 0.280 e. The second-order valence-corrected chi connectivity index (χ2v) is 7.49. The summed E-state index contributed by atoms with van der Waals surface area (Å²) in [4.78, 5) is 14.9. The van der Waals surface area contributed by atoms with Gasteiger partial charge in [-0.3, -0.25) is 9.69 Å². The number of halogens is 1. The van der Waals surface area contributed by atoms with Crippen LogP contribution in [0, 0.1) is 5.82 Å². The van der Waals surface area contributed by atoms with E-state index in [9.17, 15) is 9.18 Å². The molecule has 2 aromatic carbocycles. The van der Waals surface area contributed by atoms with Gasteiger partial charge in [0.15, 0.2) is 11.5 Å². The minimum atomic E-state index is -0.651. The molecular weight excluding hydrogens is 415 g/mol. The molecule has 1 saturated heterocycles. The number of ether oxygens (including phenoxy) is 2. The Morgan fingerprint density at radius 3 is 2.53 bits per heavy atom. The molecule has 2 heterocycles. The number of carbonyl (C=O) groups excluding carboxylic acids is 1. The molecule has 0 bridgehead atoms. The normalized spacial score (nSPS) is 14.3. The highest BCUT2D eigenvalue weighted by molar-refractivity contribution is 6.05. The van der Waals surface area contributed by atoms with Gasteiger partial charge in [-0.1, -0.05) is 29.5 Å². The van der Waals surface area contributed by atoms with Crippen LogP contribution in [0.4, 0.5) is 15.9 Å². The van der Waals surface area contributed by atoms with Crippen molar-refractivity contribution in [3.63, 3.8) is 0 Å². The molecule has 0 unspecified atom stereocenters. The Labute approximate surface area is 184 Å². The third-order valence-corrected chi connectivity index (χ3v) is 5.28. The van der Waals surface area contributed by atoms with Gasteiger partial charge < -0.3 is 20.5 Å². The lowest BCUT2D eigenvalue weighted by molar-refractivity contribution is 0.0342. The maximum Gasteiger partial charge on any atom is 0.280 e. The standard InChI is InChI=1S/C22H25FN6O3/c1-31-17-6-7-18(23)19(12-17)25-22(30)20-21(24)29(27-26-20)14-16-4-2-15(3-5-16)13-28-8-10-32-11-9-28/h2-7,12H,8-11,13-14,24H2,1H3,(H,25,30). The lowest BCUT2D eigenvalue weighted by atomic mass is 10.1. The molecule has 4 rings (SSSR count). The highest BCUT2D eigenvalue weighted by atomic mass is 19.1. The number of carbonyl (C=O) groups is 1. The number of methoxy groups -OCH3 is 1. The number of nitrogen functional groups attached to an aromatic ring is 1. The Bertz CT molecular complexity index is 1080. The van der Waals surface area contributed by atoms with Crippen molar-refractivity contribution < 1.29 is 18.7 Å². The van der Waals surface area contributed by atoms with Crippen LogP contribution in [0.5, 0.6) is 5.75 Å². The van der Waals surface area contributed by atoms with Gasteiger partial charge >= 0.3 is 0 Å². The zero-order chi connectivity index (χ0) is 22.5. The molecule has 0 spiro atoms. The number of nitrogens with zero attached hydrogens (tertiary/aromatic N) is 4. The largest absolute Gasteiger partial charge is 0.497 e. The van der Waals surface area contributed by atoms with E-state index in [4.69, 9.17) is 15.2 Å². The summed E-state index contributed by atoms with van der Waals surface area (Å²) in [6, 6.07) is 12.2. The summed E-state index contributed by atoms with van der Waals surface area (Å²) < 4.78 is 25.9. The van der Waals surface area contributed by atoms with Gasteiger partial charge in [-0.2, -0.15) is 0 Å². The number of nitrogens with two attached hydrogens (primary N) is 1. The van der Waals surface area contributed by atoms with Crippen LogP contribution in [0.1, 0.15) is 21.6 Å². The van der Waals surface area contributed by atoms with Crippen LogP contribution in [0.3, 0.4) is 0 Å². The highest BCUT2D eigenvalue weighted by Gasteiger charge is 2.19. The summed E-state index contributed by atoms with van der Waals surface area (Å²) in [6.07, 6.45) is 0. The van der Waals surface area contributed by atoms with Crippen molar-refractivity contribution in [1.82, 2.24) is 19.9 Å². The van der Waals surface area contributed by atoms with Crippen molar-refractivity contribution in [1.29, 1.82) is 0 Å². The Kier molecular flexibility index (Phi) is 6.62. The summed E-state index contributed by atoms with van der Waals surface area (Å²) >= 11 is 0. The summed E-state index contributed by atoms with van der Waals surface area (Å²) in [5.74, 6) is -0.734. The quantitative estimate of drug-likeness (QED) is 0.580. The van der Waals surface area contributed by atoms with Gasteiger partial charge in [0.1, 0.15) is 11.6 Å². The summed E-state index contributed by atoms with van der Waals surface area (Å²) in [5.41, 5.74) is 8.17. The number of anilines is 2. The molecule has 1 amide bonds. The Hall–Kier alpha value is -3.50. The van der Waals surface area contributed by atoms with Crippen LogP contribution in [0.25, 0.3) is 0 Å². The number of amides is 1. The zero-order valence-electron chi connectivity index (χ0n) is 17.8. The fourth-order valence-electron chi connectivity index (χ4n) is 3.45. The predicted molar refractivity (Wildman–Crippen MR) is 117 cm³/mol. The number of aromatic nitrogens is 3. The van der Waals surface area contributed by atoms with Crippen LogP contribution in [-0.4, -0.2) is 59.2 Å². The second kappa shape index (κ2) is 9.75.